The van der Waals surface area contributed by atoms with Gasteiger partial charge in [-0.15, -0.1) is 10.2 Å². The highest BCUT2D eigenvalue weighted by Gasteiger charge is 2.40. The first kappa shape index (κ1) is 50.4. The predicted octanol–water partition coefficient (Wildman–Crippen LogP) is 7.02. The highest BCUT2D eigenvalue weighted by atomic mass is 19.4. The first-order chi connectivity index (χ1) is 33.9. The fourth-order valence-electron chi connectivity index (χ4n) is 9.56. The van der Waals surface area contributed by atoms with E-state index in [0.29, 0.717) is 84.6 Å². The van der Waals surface area contributed by atoms with Gasteiger partial charge in [-0.3, -0.25) is 9.80 Å². The first-order valence-corrected chi connectivity index (χ1v) is 23.2. The van der Waals surface area contributed by atoms with Crippen molar-refractivity contribution in [2.24, 2.45) is 0 Å². The Hall–Kier alpha value is -6.04. The molecule has 2 N–H and O–H groups in total. The highest BCUT2D eigenvalue weighted by Crippen LogP contribution is 2.35. The molecule has 0 spiro atoms. The number of piperidine rings is 2. The van der Waals surface area contributed by atoms with Crippen LogP contribution >= 0.6 is 0 Å². The molecule has 0 unspecified atom stereocenters. The van der Waals surface area contributed by atoms with E-state index >= 15 is 0 Å². The number of methoxy groups -OCH3 is 2. The van der Waals surface area contributed by atoms with Gasteiger partial charge in [0, 0.05) is 49.4 Å². The van der Waals surface area contributed by atoms with Gasteiger partial charge in [0.15, 0.2) is 0 Å². The summed E-state index contributed by atoms with van der Waals surface area (Å²) >= 11 is 0. The highest BCUT2D eigenvalue weighted by molar-refractivity contribution is 5.45. The van der Waals surface area contributed by atoms with Gasteiger partial charge in [-0.1, -0.05) is 60.7 Å². The van der Waals surface area contributed by atoms with Gasteiger partial charge >= 0.3 is 12.4 Å². The second-order valence-electron chi connectivity index (χ2n) is 17.1. The average Bonchev–Trinajstić information content (AvgIpc) is 4.09. The lowest BCUT2D eigenvalue weighted by Crippen LogP contribution is -2.49. The second-order valence-corrected chi connectivity index (χ2v) is 17.1. The quantitative estimate of drug-likeness (QED) is 0.0561. The van der Waals surface area contributed by atoms with Crippen molar-refractivity contribution in [1.82, 2.24) is 60.8 Å². The molecule has 2 aromatic heterocycles. The van der Waals surface area contributed by atoms with E-state index in [0.717, 1.165) is 49.9 Å². The average molecular weight is 979 g/mol. The molecule has 4 aromatic carbocycles. The van der Waals surface area contributed by atoms with E-state index in [1.165, 1.54) is 26.4 Å². The van der Waals surface area contributed by atoms with Gasteiger partial charge in [0.1, 0.15) is 11.5 Å². The van der Waals surface area contributed by atoms with Crippen LogP contribution in [0.2, 0.25) is 0 Å². The Balaban J connectivity index is 0.837. The fraction of sp³-hybridized carbons (Fsp3) is 0.458. The van der Waals surface area contributed by atoms with Crippen LogP contribution < -0.4 is 20.1 Å². The molecule has 0 saturated carbocycles. The lowest BCUT2D eigenvalue weighted by Gasteiger charge is -2.42. The summed E-state index contributed by atoms with van der Waals surface area (Å²) < 4.78 is 107. The van der Waals surface area contributed by atoms with Crippen molar-refractivity contribution in [3.8, 4) is 22.9 Å². The molecule has 2 saturated heterocycles. The van der Waals surface area contributed by atoms with Crippen molar-refractivity contribution in [3.05, 3.63) is 131 Å². The van der Waals surface area contributed by atoms with E-state index in [-0.39, 0.29) is 35.5 Å². The summed E-state index contributed by atoms with van der Waals surface area (Å²) in [5, 5.41) is 27.5. The lowest BCUT2D eigenvalue weighted by atomic mass is 9.90. The maximum Gasteiger partial charge on any atom is 0.453 e. The third-order valence-electron chi connectivity index (χ3n) is 12.7. The Kier molecular flexibility index (Phi) is 16.7. The Bertz CT molecular complexity index is 2390. The topological polar surface area (TPSA) is 155 Å². The number of likely N-dealkylation sites (tertiary alicyclic amines) is 2. The molecule has 0 radical (unpaired) electrons. The smallest absolute Gasteiger partial charge is 0.453 e. The largest absolute Gasteiger partial charge is 0.496 e. The van der Waals surface area contributed by atoms with Crippen molar-refractivity contribution in [2.75, 3.05) is 66.8 Å². The van der Waals surface area contributed by atoms with Gasteiger partial charge in [0.2, 0.25) is 0 Å². The minimum Gasteiger partial charge on any atom is -0.496 e. The van der Waals surface area contributed by atoms with Crippen LogP contribution in [0.1, 0.15) is 71.7 Å². The molecule has 2 fully saturated rings. The van der Waals surface area contributed by atoms with Gasteiger partial charge in [-0.2, -0.15) is 35.7 Å². The number of hydrogen-bond donors (Lipinski definition) is 2. The van der Waals surface area contributed by atoms with Gasteiger partial charge in [-0.05, 0) is 107 Å². The van der Waals surface area contributed by atoms with Crippen LogP contribution in [0.25, 0.3) is 11.4 Å². The van der Waals surface area contributed by atoms with E-state index in [9.17, 15) is 26.3 Å². The minimum absolute atomic E-state index is 0.0107. The van der Waals surface area contributed by atoms with E-state index < -0.39 is 24.0 Å². The standard InChI is InChI=1S/C48H56F6N12O4/c1-67-41-19-17-37(65-45(47(49,50)51)57-59-61-65)29-35(41)31-55-39-15-9-21-63(43(39)33-11-5-3-6-12-33)23-25-69-27-28-70-26-24-64-22-10-16-40(44(64)34-13-7-4-8-14-34)56-32-36-30-38(18-20-42(36)68-2)66-46(48(52,53)54)58-60-62-66/h3-8,11-14,17-20,29-30,39-40,43-44,55-56H,9-10,15-16,21-28,31-32H2,1-2H3/t39-,40-,43-,44-/m0/s1. The number of nitrogens with zero attached hydrogens (tertiary/aromatic N) is 10. The lowest BCUT2D eigenvalue weighted by molar-refractivity contribution is -0.147. The van der Waals surface area contributed by atoms with Crippen molar-refractivity contribution in [1.29, 1.82) is 0 Å². The number of aromatic nitrogens is 8. The third-order valence-corrected chi connectivity index (χ3v) is 12.7. The number of rotatable bonds is 21. The molecule has 4 atom stereocenters. The zero-order valence-corrected chi connectivity index (χ0v) is 38.8. The van der Waals surface area contributed by atoms with Crippen molar-refractivity contribution < 1.29 is 45.3 Å². The summed E-state index contributed by atoms with van der Waals surface area (Å²) in [5.41, 5.74) is 3.97. The van der Waals surface area contributed by atoms with Crippen LogP contribution in [0.3, 0.4) is 0 Å². The van der Waals surface area contributed by atoms with Gasteiger partial charge in [0.25, 0.3) is 11.6 Å². The molecule has 8 rings (SSSR count). The van der Waals surface area contributed by atoms with Crippen LogP contribution in [0, 0.1) is 0 Å². The maximum atomic E-state index is 13.6. The molecule has 16 nitrogen and oxygen atoms in total. The molecule has 22 heteroatoms. The van der Waals surface area contributed by atoms with Crippen LogP contribution in [-0.2, 0) is 34.9 Å². The third kappa shape index (κ3) is 12.3. The minimum atomic E-state index is -4.73. The summed E-state index contributed by atoms with van der Waals surface area (Å²) in [6.07, 6.45) is -5.81. The van der Waals surface area contributed by atoms with Crippen molar-refractivity contribution in [3.63, 3.8) is 0 Å². The zero-order valence-electron chi connectivity index (χ0n) is 38.8. The molecule has 2 aliphatic rings. The molecule has 374 valence electrons. The maximum absolute atomic E-state index is 13.6. The molecular formula is C48H56F6N12O4. The number of benzene rings is 4. The molecule has 0 aliphatic carbocycles. The normalized spacial score (nSPS) is 19.4. The molecule has 2 aliphatic heterocycles. The predicted molar refractivity (Wildman–Crippen MR) is 244 cm³/mol. The van der Waals surface area contributed by atoms with E-state index in [2.05, 4.69) is 75.7 Å². The molecule has 0 bridgehead atoms. The summed E-state index contributed by atoms with van der Waals surface area (Å²) in [6, 6.07) is 30.0. The molecule has 70 heavy (non-hydrogen) atoms. The van der Waals surface area contributed by atoms with Gasteiger partial charge in [-0.25, -0.2) is 0 Å². The Morgan fingerprint density at radius 2 is 0.971 bits per heavy atom. The monoisotopic (exact) mass is 978 g/mol. The second kappa shape index (κ2) is 23.3. The Labute approximate surface area is 401 Å². The molecular weight excluding hydrogens is 923 g/mol. The SMILES string of the molecule is COc1ccc(-n2nnnc2C(F)(F)F)cc1CN[C@H]1CCCN(CCOCCOCCN2CCC[C@H](NCc3cc(-n4nnnc4C(F)(F)F)ccc3OC)[C@@H]2c2ccccc2)[C@H]1c1ccccc1. The fourth-order valence-corrected chi connectivity index (χ4v) is 9.56. The van der Waals surface area contributed by atoms with Crippen molar-refractivity contribution >= 4 is 0 Å². The molecule has 0 amide bonds. The van der Waals surface area contributed by atoms with Crippen LogP contribution in [-0.4, -0.2) is 129 Å². The number of ether oxygens (including phenoxy) is 4. The Morgan fingerprint density at radius 3 is 1.36 bits per heavy atom. The Morgan fingerprint density at radius 1 is 0.557 bits per heavy atom. The number of tetrazole rings is 2. The van der Waals surface area contributed by atoms with Gasteiger partial charge < -0.3 is 29.6 Å². The number of alkyl halides is 6. The van der Waals surface area contributed by atoms with E-state index in [1.807, 2.05) is 36.4 Å². The first-order valence-electron chi connectivity index (χ1n) is 23.2. The van der Waals surface area contributed by atoms with Gasteiger partial charge in [0.05, 0.1) is 64.1 Å². The van der Waals surface area contributed by atoms with Crippen LogP contribution in [0.5, 0.6) is 11.5 Å². The van der Waals surface area contributed by atoms with Crippen LogP contribution in [0.15, 0.2) is 97.1 Å². The zero-order chi connectivity index (χ0) is 49.1. The van der Waals surface area contributed by atoms with Crippen molar-refractivity contribution in [2.45, 2.75) is 75.3 Å². The number of hydrogen-bond acceptors (Lipinski definition) is 14. The summed E-state index contributed by atoms with van der Waals surface area (Å²) in [6.45, 7) is 5.59. The van der Waals surface area contributed by atoms with E-state index in [1.54, 1.807) is 24.3 Å². The van der Waals surface area contributed by atoms with E-state index in [4.69, 9.17) is 18.9 Å². The summed E-state index contributed by atoms with van der Waals surface area (Å²) in [5.74, 6) is -1.36. The number of nitrogens with one attached hydrogen (secondary N) is 2. The summed E-state index contributed by atoms with van der Waals surface area (Å²) in [7, 11) is 3.05. The molecule has 4 heterocycles. The molecule has 6 aromatic rings. The number of halogens is 6. The van der Waals surface area contributed by atoms with Crippen LogP contribution in [0.4, 0.5) is 26.3 Å². The summed E-state index contributed by atoms with van der Waals surface area (Å²) in [4.78, 5) is 4.83.